The smallest absolute Gasteiger partial charge is 0.416 e. The number of carbonyl (C=O) groups excluding carboxylic acids is 1. The molecule has 4 rings (SSSR count). The Morgan fingerprint density at radius 3 is 2.38 bits per heavy atom. The summed E-state index contributed by atoms with van der Waals surface area (Å²) in [5.74, 6) is -0.441. The first kappa shape index (κ1) is 23.5. The third-order valence-electron chi connectivity index (χ3n) is 5.88. The van der Waals surface area contributed by atoms with Gasteiger partial charge in [0.25, 0.3) is 5.91 Å². The number of aromatic amines is 1. The Kier molecular flexibility index (Phi) is 6.41. The summed E-state index contributed by atoms with van der Waals surface area (Å²) in [5, 5.41) is 15.5. The van der Waals surface area contributed by atoms with Gasteiger partial charge in [-0.15, -0.1) is 5.10 Å². The number of rotatable bonds is 7. The lowest BCUT2D eigenvalue weighted by molar-refractivity contribution is -0.201. The molecule has 0 fully saturated rings. The molecule has 1 amide bonds. The quantitative estimate of drug-likeness (QED) is 0.493. The number of nitrogens with one attached hydrogen (secondary N) is 2. The van der Waals surface area contributed by atoms with E-state index in [0.717, 1.165) is 18.4 Å². The molecule has 2 heterocycles. The van der Waals surface area contributed by atoms with Crippen molar-refractivity contribution in [1.82, 2.24) is 25.9 Å². The molecule has 0 radical (unpaired) electrons. The van der Waals surface area contributed by atoms with E-state index in [9.17, 15) is 18.0 Å². The molecule has 0 spiro atoms. The normalized spacial score (nSPS) is 18.7. The number of hydrogen-bond donors (Lipinski definition) is 2. The van der Waals surface area contributed by atoms with Crippen molar-refractivity contribution in [3.8, 4) is 5.75 Å². The molecule has 10 heteroatoms. The van der Waals surface area contributed by atoms with E-state index in [2.05, 4.69) is 25.9 Å². The molecule has 1 unspecified atom stereocenters. The molecule has 0 bridgehead atoms. The highest BCUT2D eigenvalue weighted by molar-refractivity contribution is 6.27. The number of hydrogen-bond acceptors (Lipinski definition) is 5. The van der Waals surface area contributed by atoms with E-state index in [1.807, 2.05) is 13.8 Å². The van der Waals surface area contributed by atoms with Crippen LogP contribution in [0.3, 0.4) is 0 Å². The predicted octanol–water partition coefficient (Wildman–Crippen LogP) is 4.58. The maximum Gasteiger partial charge on any atom is 0.416 e. The second-order valence-electron chi connectivity index (χ2n) is 8.23. The molecule has 2 aromatic carbocycles. The van der Waals surface area contributed by atoms with Crippen LogP contribution in [-0.2, 0) is 10.3 Å². The number of ether oxygens (including phenoxy) is 1. The Morgan fingerprint density at radius 1 is 1.09 bits per heavy atom. The standard InChI is InChI=1S/C24H24F3N5O2/c1-3-4-13-34-18-11-9-17(10-12-18)23(24(25,26)27)14-19(16-7-5-15(2)6-8-16)20(22(33)28-23)21-29-31-32-30-21/h5-12H,3-4,13-14H2,1-2H3,(H,28,33)(H,29,30,31,32). The van der Waals surface area contributed by atoms with Gasteiger partial charge in [0.2, 0.25) is 0 Å². The Balaban J connectivity index is 1.82. The lowest BCUT2D eigenvalue weighted by Crippen LogP contribution is -2.58. The molecule has 0 saturated carbocycles. The topological polar surface area (TPSA) is 92.8 Å². The van der Waals surface area contributed by atoms with Crippen LogP contribution >= 0.6 is 0 Å². The molecule has 1 aromatic heterocycles. The summed E-state index contributed by atoms with van der Waals surface area (Å²) in [6, 6.07) is 12.6. The van der Waals surface area contributed by atoms with Crippen LogP contribution in [0, 0.1) is 6.92 Å². The van der Waals surface area contributed by atoms with Crippen molar-refractivity contribution in [3.63, 3.8) is 0 Å². The van der Waals surface area contributed by atoms with Crippen LogP contribution in [0.25, 0.3) is 11.1 Å². The third-order valence-corrected chi connectivity index (χ3v) is 5.88. The number of halogens is 3. The Hall–Kier alpha value is -3.69. The summed E-state index contributed by atoms with van der Waals surface area (Å²) in [4.78, 5) is 13.2. The zero-order valence-electron chi connectivity index (χ0n) is 18.7. The average Bonchev–Trinajstić information content (AvgIpc) is 3.33. The summed E-state index contributed by atoms with van der Waals surface area (Å²) < 4.78 is 49.7. The van der Waals surface area contributed by atoms with Crippen LogP contribution in [0.15, 0.2) is 48.5 Å². The molecular formula is C24H24F3N5O2. The van der Waals surface area contributed by atoms with Crippen LogP contribution < -0.4 is 10.1 Å². The zero-order valence-corrected chi connectivity index (χ0v) is 18.7. The summed E-state index contributed by atoms with van der Waals surface area (Å²) in [5.41, 5.74) is -1.12. The van der Waals surface area contributed by atoms with Crippen molar-refractivity contribution in [2.75, 3.05) is 6.61 Å². The number of aryl methyl sites for hydroxylation is 1. The fourth-order valence-electron chi connectivity index (χ4n) is 3.99. The van der Waals surface area contributed by atoms with E-state index in [0.29, 0.717) is 17.9 Å². The van der Waals surface area contributed by atoms with Crippen LogP contribution in [0.1, 0.15) is 48.7 Å². The fourth-order valence-corrected chi connectivity index (χ4v) is 3.99. The first-order chi connectivity index (χ1) is 16.2. The van der Waals surface area contributed by atoms with E-state index in [4.69, 9.17) is 4.74 Å². The van der Waals surface area contributed by atoms with Crippen molar-refractivity contribution in [1.29, 1.82) is 0 Å². The summed E-state index contributed by atoms with van der Waals surface area (Å²) >= 11 is 0. The van der Waals surface area contributed by atoms with Gasteiger partial charge in [0, 0.05) is 6.42 Å². The molecular weight excluding hydrogens is 447 g/mol. The number of nitrogens with zero attached hydrogens (tertiary/aromatic N) is 3. The zero-order chi connectivity index (χ0) is 24.3. The van der Waals surface area contributed by atoms with Gasteiger partial charge >= 0.3 is 6.18 Å². The largest absolute Gasteiger partial charge is 0.494 e. The molecule has 34 heavy (non-hydrogen) atoms. The van der Waals surface area contributed by atoms with E-state index >= 15 is 0 Å². The molecule has 1 aliphatic rings. The third kappa shape index (κ3) is 4.40. The van der Waals surface area contributed by atoms with Gasteiger partial charge in [0.05, 0.1) is 12.2 Å². The van der Waals surface area contributed by atoms with E-state index in [1.54, 1.807) is 24.3 Å². The van der Waals surface area contributed by atoms with E-state index < -0.39 is 24.0 Å². The number of benzene rings is 2. The van der Waals surface area contributed by atoms with Crippen LogP contribution in [-0.4, -0.2) is 39.3 Å². The first-order valence-electron chi connectivity index (χ1n) is 10.9. The fraction of sp³-hybridized carbons (Fsp3) is 0.333. The lowest BCUT2D eigenvalue weighted by atomic mass is 9.76. The molecule has 1 atom stereocenters. The van der Waals surface area contributed by atoms with Crippen molar-refractivity contribution in [3.05, 3.63) is 71.0 Å². The minimum Gasteiger partial charge on any atom is -0.494 e. The second kappa shape index (κ2) is 9.28. The number of tetrazole rings is 1. The molecule has 1 aliphatic heterocycles. The van der Waals surface area contributed by atoms with Gasteiger partial charge in [-0.25, -0.2) is 5.10 Å². The minimum absolute atomic E-state index is 0.00326. The molecule has 2 N–H and O–H groups in total. The number of aromatic nitrogens is 4. The van der Waals surface area contributed by atoms with Crippen molar-refractivity contribution in [2.24, 2.45) is 0 Å². The van der Waals surface area contributed by atoms with E-state index in [-0.39, 0.29) is 22.5 Å². The van der Waals surface area contributed by atoms with Gasteiger partial charge in [-0.3, -0.25) is 4.79 Å². The molecule has 7 nitrogen and oxygen atoms in total. The van der Waals surface area contributed by atoms with Gasteiger partial charge in [-0.1, -0.05) is 55.3 Å². The van der Waals surface area contributed by atoms with Crippen molar-refractivity contribution < 1.29 is 22.7 Å². The van der Waals surface area contributed by atoms with Crippen LogP contribution in [0.4, 0.5) is 13.2 Å². The maximum atomic E-state index is 14.7. The van der Waals surface area contributed by atoms with Gasteiger partial charge < -0.3 is 10.1 Å². The van der Waals surface area contributed by atoms with Gasteiger partial charge in [-0.05, 0) is 52.6 Å². The average molecular weight is 471 g/mol. The SMILES string of the molecule is CCCCOc1ccc(C2(C(F)(F)F)CC(c3ccc(C)cc3)=C(c3nnn[nH]3)C(=O)N2)cc1. The Morgan fingerprint density at radius 2 is 1.79 bits per heavy atom. The highest BCUT2D eigenvalue weighted by atomic mass is 19.4. The highest BCUT2D eigenvalue weighted by Crippen LogP contribution is 2.49. The highest BCUT2D eigenvalue weighted by Gasteiger charge is 2.59. The molecule has 0 aliphatic carbocycles. The lowest BCUT2D eigenvalue weighted by Gasteiger charge is -2.41. The monoisotopic (exact) mass is 471 g/mol. The molecule has 0 saturated heterocycles. The van der Waals surface area contributed by atoms with Crippen molar-refractivity contribution in [2.45, 2.75) is 44.8 Å². The molecule has 3 aromatic rings. The number of H-pyrrole nitrogens is 1. The van der Waals surface area contributed by atoms with Gasteiger partial charge in [0.15, 0.2) is 11.4 Å². The molecule has 178 valence electrons. The summed E-state index contributed by atoms with van der Waals surface area (Å²) in [6.45, 7) is 4.37. The number of amides is 1. The van der Waals surface area contributed by atoms with Crippen molar-refractivity contribution >= 4 is 17.1 Å². The minimum atomic E-state index is -4.78. The predicted molar refractivity (Wildman–Crippen MR) is 120 cm³/mol. The van der Waals surface area contributed by atoms with Gasteiger partial charge in [-0.2, -0.15) is 13.2 Å². The van der Waals surface area contributed by atoms with Crippen LogP contribution in [0.5, 0.6) is 5.75 Å². The first-order valence-corrected chi connectivity index (χ1v) is 10.9. The Bertz CT molecular complexity index is 1170. The second-order valence-corrected chi connectivity index (χ2v) is 8.23. The number of carbonyl (C=O) groups is 1. The summed E-state index contributed by atoms with van der Waals surface area (Å²) in [7, 11) is 0. The number of unbranched alkanes of at least 4 members (excludes halogenated alkanes) is 1. The maximum absolute atomic E-state index is 14.7. The Labute approximate surface area is 194 Å². The van der Waals surface area contributed by atoms with Crippen LogP contribution in [0.2, 0.25) is 0 Å². The number of alkyl halides is 3. The summed E-state index contributed by atoms with van der Waals surface area (Å²) in [6.07, 6.45) is -3.53. The van der Waals surface area contributed by atoms with E-state index in [1.165, 1.54) is 24.3 Å². The van der Waals surface area contributed by atoms with Gasteiger partial charge in [0.1, 0.15) is 5.75 Å².